The van der Waals surface area contributed by atoms with Gasteiger partial charge in [-0.1, -0.05) is 18.2 Å². The van der Waals surface area contributed by atoms with Crippen LogP contribution < -0.4 is 24.3 Å². The highest BCUT2D eigenvalue weighted by Gasteiger charge is 2.23. The van der Waals surface area contributed by atoms with E-state index >= 15 is 0 Å². The average molecular weight is 541 g/mol. The van der Waals surface area contributed by atoms with Crippen LogP contribution in [-0.2, 0) is 6.54 Å². The molecule has 1 heterocycles. The Balaban J connectivity index is 0.00000341. The number of hydrogen-bond acceptors (Lipinski definition) is 5. The highest BCUT2D eigenvalue weighted by Crippen LogP contribution is 2.34. The fourth-order valence-corrected chi connectivity index (χ4v) is 3.63. The molecule has 0 spiro atoms. The lowest BCUT2D eigenvalue weighted by Crippen LogP contribution is -2.47. The third kappa shape index (κ3) is 6.56. The molecule has 0 aromatic heterocycles. The van der Waals surface area contributed by atoms with Crippen molar-refractivity contribution in [2.24, 2.45) is 4.99 Å². The number of para-hydroxylation sites is 1. The van der Waals surface area contributed by atoms with Crippen LogP contribution in [0.25, 0.3) is 0 Å². The molecule has 1 N–H and O–H groups in total. The summed E-state index contributed by atoms with van der Waals surface area (Å²) in [5, 5.41) is 3.44. The quantitative estimate of drug-likeness (QED) is 0.326. The van der Waals surface area contributed by atoms with Crippen LogP contribution in [0.3, 0.4) is 0 Å². The molecule has 1 aliphatic rings. The predicted molar refractivity (Wildman–Crippen MR) is 133 cm³/mol. The molecule has 1 saturated heterocycles. The standard InChI is InChI=1S/C23H31N3O4.HI/c1-24-23(25-16-20-21(28-3)14-19(27-2)15-22(20)29-4)26-12-10-18(11-13-26)30-17-8-6-5-7-9-17;/h5-9,14-15,18H,10-13,16H2,1-4H3,(H,24,25);1H. The van der Waals surface area contributed by atoms with Gasteiger partial charge in [0.2, 0.25) is 0 Å². The number of ether oxygens (including phenoxy) is 4. The molecule has 31 heavy (non-hydrogen) atoms. The molecule has 0 atom stereocenters. The van der Waals surface area contributed by atoms with Crippen LogP contribution in [0.1, 0.15) is 18.4 Å². The maximum absolute atomic E-state index is 6.10. The number of halogens is 1. The Morgan fingerprint density at radius 3 is 2.10 bits per heavy atom. The van der Waals surface area contributed by atoms with E-state index in [4.69, 9.17) is 18.9 Å². The van der Waals surface area contributed by atoms with Crippen molar-refractivity contribution in [3.63, 3.8) is 0 Å². The topological polar surface area (TPSA) is 64.6 Å². The number of piperidine rings is 1. The van der Waals surface area contributed by atoms with E-state index in [2.05, 4.69) is 15.2 Å². The SMILES string of the molecule is CN=C(NCc1c(OC)cc(OC)cc1OC)N1CCC(Oc2ccccc2)CC1.I. The minimum Gasteiger partial charge on any atom is -0.496 e. The van der Waals surface area contributed by atoms with Crippen LogP contribution in [0, 0.1) is 0 Å². The lowest BCUT2D eigenvalue weighted by Gasteiger charge is -2.34. The van der Waals surface area contributed by atoms with Crippen LogP contribution >= 0.6 is 24.0 Å². The van der Waals surface area contributed by atoms with Crippen LogP contribution in [-0.4, -0.2) is 58.4 Å². The Kier molecular flexibility index (Phi) is 10.0. The highest BCUT2D eigenvalue weighted by atomic mass is 127. The van der Waals surface area contributed by atoms with Gasteiger partial charge in [0, 0.05) is 45.1 Å². The minimum atomic E-state index is 0. The van der Waals surface area contributed by atoms with Crippen molar-refractivity contribution in [2.45, 2.75) is 25.5 Å². The Morgan fingerprint density at radius 1 is 0.968 bits per heavy atom. The summed E-state index contributed by atoms with van der Waals surface area (Å²) in [4.78, 5) is 6.72. The van der Waals surface area contributed by atoms with Crippen LogP contribution in [0.5, 0.6) is 23.0 Å². The molecule has 3 rings (SSSR count). The summed E-state index contributed by atoms with van der Waals surface area (Å²) in [5.74, 6) is 3.90. The first-order chi connectivity index (χ1) is 14.7. The Bertz CT molecular complexity index is 815. The Morgan fingerprint density at radius 2 is 1.58 bits per heavy atom. The molecule has 170 valence electrons. The Labute approximate surface area is 201 Å². The van der Waals surface area contributed by atoms with Crippen molar-refractivity contribution in [3.8, 4) is 23.0 Å². The monoisotopic (exact) mass is 541 g/mol. The largest absolute Gasteiger partial charge is 0.496 e. The maximum atomic E-state index is 6.10. The summed E-state index contributed by atoms with van der Waals surface area (Å²) in [7, 11) is 6.71. The summed E-state index contributed by atoms with van der Waals surface area (Å²) in [5.41, 5.74) is 0.921. The number of hydrogen-bond donors (Lipinski definition) is 1. The third-order valence-electron chi connectivity index (χ3n) is 5.24. The molecule has 7 nitrogen and oxygen atoms in total. The summed E-state index contributed by atoms with van der Waals surface area (Å²) in [6, 6.07) is 13.7. The molecule has 1 aliphatic heterocycles. The van der Waals surface area contributed by atoms with Crippen LogP contribution in [0.15, 0.2) is 47.5 Å². The number of nitrogens with zero attached hydrogens (tertiary/aromatic N) is 2. The van der Waals surface area contributed by atoms with E-state index in [1.807, 2.05) is 42.5 Å². The van der Waals surface area contributed by atoms with Crippen molar-refractivity contribution < 1.29 is 18.9 Å². The van der Waals surface area contributed by atoms with Crippen molar-refractivity contribution in [1.82, 2.24) is 10.2 Å². The second-order valence-electron chi connectivity index (χ2n) is 7.03. The molecular formula is C23H32IN3O4. The van der Waals surface area contributed by atoms with Crippen LogP contribution in [0.2, 0.25) is 0 Å². The summed E-state index contributed by atoms with van der Waals surface area (Å²) >= 11 is 0. The third-order valence-corrected chi connectivity index (χ3v) is 5.24. The van der Waals surface area contributed by atoms with Gasteiger partial charge in [0.1, 0.15) is 29.1 Å². The van der Waals surface area contributed by atoms with Gasteiger partial charge < -0.3 is 29.2 Å². The van der Waals surface area contributed by atoms with Crippen molar-refractivity contribution in [2.75, 3.05) is 41.5 Å². The molecule has 0 radical (unpaired) electrons. The van der Waals surface area contributed by atoms with E-state index < -0.39 is 0 Å². The maximum Gasteiger partial charge on any atom is 0.193 e. The summed E-state index contributed by atoms with van der Waals surface area (Å²) < 4.78 is 22.5. The van der Waals surface area contributed by atoms with E-state index in [-0.39, 0.29) is 30.1 Å². The van der Waals surface area contributed by atoms with Crippen molar-refractivity contribution in [3.05, 3.63) is 48.0 Å². The van der Waals surface area contributed by atoms with Gasteiger partial charge in [0.15, 0.2) is 5.96 Å². The van der Waals surface area contributed by atoms with Gasteiger partial charge in [0.05, 0.1) is 33.4 Å². The summed E-state index contributed by atoms with van der Waals surface area (Å²) in [6.45, 7) is 2.30. The van der Waals surface area contributed by atoms with E-state index in [0.717, 1.165) is 43.2 Å². The predicted octanol–water partition coefficient (Wildman–Crippen LogP) is 3.95. The van der Waals surface area contributed by atoms with E-state index in [0.29, 0.717) is 23.8 Å². The lowest BCUT2D eigenvalue weighted by molar-refractivity contribution is 0.129. The number of rotatable bonds is 7. The number of guanidine groups is 1. The van der Waals surface area contributed by atoms with Crippen LogP contribution in [0.4, 0.5) is 0 Å². The fraction of sp³-hybridized carbons (Fsp3) is 0.435. The van der Waals surface area contributed by atoms with E-state index in [1.165, 1.54) is 0 Å². The zero-order chi connectivity index (χ0) is 21.3. The normalized spacial score (nSPS) is 14.5. The molecule has 2 aromatic carbocycles. The van der Waals surface area contributed by atoms with Gasteiger partial charge in [-0.3, -0.25) is 4.99 Å². The van der Waals surface area contributed by atoms with Gasteiger partial charge in [-0.15, -0.1) is 24.0 Å². The number of methoxy groups -OCH3 is 3. The smallest absolute Gasteiger partial charge is 0.193 e. The lowest BCUT2D eigenvalue weighted by atomic mass is 10.1. The second kappa shape index (κ2) is 12.5. The number of aliphatic imine (C=N–C) groups is 1. The van der Waals surface area contributed by atoms with Crippen molar-refractivity contribution >= 4 is 29.9 Å². The average Bonchev–Trinajstić information content (AvgIpc) is 2.80. The van der Waals surface area contributed by atoms with Gasteiger partial charge in [-0.2, -0.15) is 0 Å². The van der Waals surface area contributed by atoms with Gasteiger partial charge in [0.25, 0.3) is 0 Å². The highest BCUT2D eigenvalue weighted by molar-refractivity contribution is 14.0. The first-order valence-corrected chi connectivity index (χ1v) is 10.1. The molecule has 0 aliphatic carbocycles. The Hall–Kier alpha value is -2.36. The van der Waals surface area contributed by atoms with Gasteiger partial charge >= 0.3 is 0 Å². The first-order valence-electron chi connectivity index (χ1n) is 10.1. The van der Waals surface area contributed by atoms with Gasteiger partial charge in [-0.05, 0) is 12.1 Å². The number of likely N-dealkylation sites (tertiary alicyclic amines) is 1. The molecule has 0 unspecified atom stereocenters. The minimum absolute atomic E-state index is 0. The molecule has 8 heteroatoms. The zero-order valence-electron chi connectivity index (χ0n) is 18.6. The zero-order valence-corrected chi connectivity index (χ0v) is 20.9. The molecule has 2 aromatic rings. The molecule has 1 fully saturated rings. The fourth-order valence-electron chi connectivity index (χ4n) is 3.63. The second-order valence-corrected chi connectivity index (χ2v) is 7.03. The summed E-state index contributed by atoms with van der Waals surface area (Å²) in [6.07, 6.45) is 2.12. The number of benzene rings is 2. The van der Waals surface area contributed by atoms with Gasteiger partial charge in [-0.25, -0.2) is 0 Å². The molecule has 0 bridgehead atoms. The molecule has 0 saturated carbocycles. The first kappa shape index (κ1) is 24.9. The number of nitrogens with one attached hydrogen (secondary N) is 1. The molecule has 0 amide bonds. The van der Waals surface area contributed by atoms with Crippen molar-refractivity contribution in [1.29, 1.82) is 0 Å². The van der Waals surface area contributed by atoms with E-state index in [9.17, 15) is 0 Å². The van der Waals surface area contributed by atoms with E-state index in [1.54, 1.807) is 28.4 Å². The molecular weight excluding hydrogens is 509 g/mol.